The molecular formula is C11H20F3NO. The van der Waals surface area contributed by atoms with E-state index in [1.54, 1.807) is 7.05 Å². The number of hydrogen-bond acceptors (Lipinski definition) is 2. The van der Waals surface area contributed by atoms with E-state index in [0.717, 1.165) is 13.3 Å². The van der Waals surface area contributed by atoms with Gasteiger partial charge in [0.05, 0.1) is 6.10 Å². The van der Waals surface area contributed by atoms with Crippen LogP contribution in [0.4, 0.5) is 13.2 Å². The predicted molar refractivity (Wildman–Crippen MR) is 56.3 cm³/mol. The summed E-state index contributed by atoms with van der Waals surface area (Å²) in [5.74, 6) is 0. The Labute approximate surface area is 94.5 Å². The van der Waals surface area contributed by atoms with Gasteiger partial charge in [-0.25, -0.2) is 0 Å². The molecule has 1 aliphatic rings. The summed E-state index contributed by atoms with van der Waals surface area (Å²) in [5.41, 5.74) is -0.00919. The van der Waals surface area contributed by atoms with E-state index in [1.807, 2.05) is 0 Å². The van der Waals surface area contributed by atoms with Crippen LogP contribution in [0.3, 0.4) is 0 Å². The zero-order valence-corrected chi connectivity index (χ0v) is 10.2. The lowest BCUT2D eigenvalue weighted by Crippen LogP contribution is -2.46. The molecule has 0 aromatic carbocycles. The number of hydrogen-bond donors (Lipinski definition) is 1. The molecular weight excluding hydrogens is 219 g/mol. The molecule has 1 aliphatic carbocycles. The minimum absolute atomic E-state index is 0.00919. The molecule has 0 aromatic heterocycles. The van der Waals surface area contributed by atoms with E-state index in [4.69, 9.17) is 4.74 Å². The molecule has 0 amide bonds. The van der Waals surface area contributed by atoms with Crippen LogP contribution in [0.5, 0.6) is 0 Å². The van der Waals surface area contributed by atoms with Gasteiger partial charge in [-0.2, -0.15) is 13.2 Å². The van der Waals surface area contributed by atoms with Gasteiger partial charge in [0.25, 0.3) is 0 Å². The summed E-state index contributed by atoms with van der Waals surface area (Å²) in [6.07, 6.45) is -4.75. The number of rotatable bonds is 3. The maximum absolute atomic E-state index is 12.4. The Morgan fingerprint density at radius 2 is 1.94 bits per heavy atom. The Bertz CT molecular complexity index is 240. The van der Waals surface area contributed by atoms with Crippen molar-refractivity contribution in [3.05, 3.63) is 0 Å². The van der Waals surface area contributed by atoms with Gasteiger partial charge in [0.1, 0.15) is 0 Å². The summed E-state index contributed by atoms with van der Waals surface area (Å²) in [4.78, 5) is 0. The Hall–Kier alpha value is -0.290. The largest absolute Gasteiger partial charge is 0.414 e. The fourth-order valence-corrected chi connectivity index (χ4v) is 2.40. The SMILES string of the molecule is CNC1C(OC(C)C(F)(F)F)CCC1(C)C. The summed E-state index contributed by atoms with van der Waals surface area (Å²) in [6, 6.07) is -0.0164. The summed E-state index contributed by atoms with van der Waals surface area (Å²) in [7, 11) is 1.77. The van der Waals surface area contributed by atoms with Crippen molar-refractivity contribution in [3.63, 3.8) is 0 Å². The quantitative estimate of drug-likeness (QED) is 0.817. The standard InChI is InChI=1S/C11H20F3NO/c1-7(11(12,13)14)16-8-5-6-10(2,3)9(8)15-4/h7-9,15H,5-6H2,1-4H3. The van der Waals surface area contributed by atoms with E-state index >= 15 is 0 Å². The molecule has 1 N–H and O–H groups in total. The van der Waals surface area contributed by atoms with Crippen molar-refractivity contribution < 1.29 is 17.9 Å². The highest BCUT2D eigenvalue weighted by Crippen LogP contribution is 2.40. The van der Waals surface area contributed by atoms with Crippen molar-refractivity contribution in [3.8, 4) is 0 Å². The summed E-state index contributed by atoms with van der Waals surface area (Å²) < 4.78 is 42.3. The first-order valence-electron chi connectivity index (χ1n) is 5.58. The van der Waals surface area contributed by atoms with Crippen LogP contribution < -0.4 is 5.32 Å². The van der Waals surface area contributed by atoms with Crippen LogP contribution in [0.15, 0.2) is 0 Å². The third-order valence-corrected chi connectivity index (χ3v) is 3.44. The second-order valence-corrected chi connectivity index (χ2v) is 5.15. The van der Waals surface area contributed by atoms with Gasteiger partial charge in [0, 0.05) is 6.04 Å². The lowest BCUT2D eigenvalue weighted by molar-refractivity contribution is -0.228. The van der Waals surface area contributed by atoms with Crippen LogP contribution in [-0.2, 0) is 4.74 Å². The average molecular weight is 239 g/mol. The van der Waals surface area contributed by atoms with Gasteiger partial charge >= 0.3 is 6.18 Å². The van der Waals surface area contributed by atoms with Gasteiger partial charge in [0.2, 0.25) is 0 Å². The highest BCUT2D eigenvalue weighted by molar-refractivity contribution is 4.97. The van der Waals surface area contributed by atoms with Crippen LogP contribution in [0.1, 0.15) is 33.6 Å². The summed E-state index contributed by atoms with van der Waals surface area (Å²) in [6.45, 7) is 5.17. The van der Waals surface area contributed by atoms with Crippen LogP contribution in [0.25, 0.3) is 0 Å². The molecule has 1 fully saturated rings. The lowest BCUT2D eigenvalue weighted by atomic mass is 9.87. The number of ether oxygens (including phenoxy) is 1. The molecule has 0 saturated heterocycles. The van der Waals surface area contributed by atoms with Gasteiger partial charge in [-0.3, -0.25) is 0 Å². The van der Waals surface area contributed by atoms with Crippen LogP contribution in [0, 0.1) is 5.41 Å². The van der Waals surface area contributed by atoms with E-state index in [2.05, 4.69) is 19.2 Å². The van der Waals surface area contributed by atoms with Gasteiger partial charge in [-0.15, -0.1) is 0 Å². The topological polar surface area (TPSA) is 21.3 Å². The normalized spacial score (nSPS) is 31.7. The minimum Gasteiger partial charge on any atom is -0.364 e. The maximum atomic E-state index is 12.4. The Kier molecular flexibility index (Phi) is 3.90. The van der Waals surface area contributed by atoms with Crippen LogP contribution >= 0.6 is 0 Å². The second-order valence-electron chi connectivity index (χ2n) is 5.15. The van der Waals surface area contributed by atoms with Crippen molar-refractivity contribution in [1.29, 1.82) is 0 Å². The van der Waals surface area contributed by atoms with Gasteiger partial charge in [0.15, 0.2) is 6.10 Å². The summed E-state index contributed by atoms with van der Waals surface area (Å²) >= 11 is 0. The van der Waals surface area contributed by atoms with E-state index in [0.29, 0.717) is 6.42 Å². The molecule has 16 heavy (non-hydrogen) atoms. The average Bonchev–Trinajstić information content (AvgIpc) is 2.39. The molecule has 0 spiro atoms. The van der Waals surface area contributed by atoms with Crippen molar-refractivity contribution in [2.45, 2.75) is 58.0 Å². The predicted octanol–water partition coefficient (Wildman–Crippen LogP) is 2.73. The van der Waals surface area contributed by atoms with Gasteiger partial charge < -0.3 is 10.1 Å². The molecule has 5 heteroatoms. The number of likely N-dealkylation sites (N-methyl/N-ethyl adjacent to an activating group) is 1. The smallest absolute Gasteiger partial charge is 0.364 e. The van der Waals surface area contributed by atoms with Crippen molar-refractivity contribution in [2.75, 3.05) is 7.05 Å². The first-order valence-corrected chi connectivity index (χ1v) is 5.58. The number of alkyl halides is 3. The van der Waals surface area contributed by atoms with E-state index < -0.39 is 12.3 Å². The Morgan fingerprint density at radius 3 is 2.38 bits per heavy atom. The maximum Gasteiger partial charge on any atom is 0.414 e. The molecule has 0 aromatic rings. The Balaban J connectivity index is 2.62. The molecule has 96 valence electrons. The fourth-order valence-electron chi connectivity index (χ4n) is 2.40. The third-order valence-electron chi connectivity index (χ3n) is 3.44. The molecule has 0 heterocycles. The molecule has 0 radical (unpaired) electrons. The number of nitrogens with one attached hydrogen (secondary N) is 1. The van der Waals surface area contributed by atoms with Crippen LogP contribution in [0.2, 0.25) is 0 Å². The van der Waals surface area contributed by atoms with Crippen molar-refractivity contribution in [1.82, 2.24) is 5.32 Å². The lowest BCUT2D eigenvalue weighted by Gasteiger charge is -2.32. The third kappa shape index (κ3) is 2.88. The van der Waals surface area contributed by atoms with Crippen molar-refractivity contribution >= 4 is 0 Å². The number of halogens is 3. The molecule has 1 rings (SSSR count). The molecule has 1 saturated carbocycles. The molecule has 3 unspecified atom stereocenters. The summed E-state index contributed by atoms with van der Waals surface area (Å²) in [5, 5.41) is 3.07. The molecule has 3 atom stereocenters. The molecule has 2 nitrogen and oxygen atoms in total. The van der Waals surface area contributed by atoms with Gasteiger partial charge in [-0.05, 0) is 32.2 Å². The fraction of sp³-hybridized carbons (Fsp3) is 1.00. The monoisotopic (exact) mass is 239 g/mol. The first-order chi connectivity index (χ1) is 7.18. The highest BCUT2D eigenvalue weighted by Gasteiger charge is 2.46. The highest BCUT2D eigenvalue weighted by atomic mass is 19.4. The first kappa shape index (κ1) is 13.8. The van der Waals surface area contributed by atoms with Crippen LogP contribution in [-0.4, -0.2) is 31.5 Å². The van der Waals surface area contributed by atoms with Gasteiger partial charge in [-0.1, -0.05) is 13.8 Å². The minimum atomic E-state index is -4.27. The zero-order chi connectivity index (χ0) is 12.6. The Morgan fingerprint density at radius 1 is 1.38 bits per heavy atom. The van der Waals surface area contributed by atoms with E-state index in [-0.39, 0.29) is 17.6 Å². The zero-order valence-electron chi connectivity index (χ0n) is 10.2. The van der Waals surface area contributed by atoms with E-state index in [9.17, 15) is 13.2 Å². The molecule has 0 bridgehead atoms. The van der Waals surface area contributed by atoms with Crippen molar-refractivity contribution in [2.24, 2.45) is 5.41 Å². The van der Waals surface area contributed by atoms with E-state index in [1.165, 1.54) is 0 Å². The second kappa shape index (κ2) is 4.53. The molecule has 0 aliphatic heterocycles.